The molecule has 1 aromatic rings. The van der Waals surface area contributed by atoms with E-state index in [0.29, 0.717) is 28.5 Å². The van der Waals surface area contributed by atoms with Crippen molar-refractivity contribution >= 4 is 57.3 Å². The fourth-order valence-corrected chi connectivity index (χ4v) is 2.23. The first kappa shape index (κ1) is 16.7. The molecule has 0 aliphatic rings. The van der Waals surface area contributed by atoms with E-state index in [-0.39, 0.29) is 11.9 Å². The van der Waals surface area contributed by atoms with Crippen molar-refractivity contribution < 1.29 is 4.79 Å². The van der Waals surface area contributed by atoms with Crippen molar-refractivity contribution in [1.82, 2.24) is 4.90 Å². The fraction of sp³-hybridized carbons (Fsp3) is 0.385. The first-order valence-electron chi connectivity index (χ1n) is 5.87. The summed E-state index contributed by atoms with van der Waals surface area (Å²) < 4.78 is 0.926. The number of rotatable bonds is 5. The van der Waals surface area contributed by atoms with E-state index in [4.69, 9.17) is 29.6 Å². The van der Waals surface area contributed by atoms with Crippen LogP contribution in [0, 0.1) is 3.57 Å². The number of hydrogen-bond acceptors (Lipinski definition) is 2. The summed E-state index contributed by atoms with van der Waals surface area (Å²) in [6.45, 7) is 4.45. The highest BCUT2D eigenvalue weighted by Crippen LogP contribution is 2.21. The molecule has 0 aromatic heterocycles. The SMILES string of the molecule is CC(C)N(CCC(N)=S)C(=O)c1ccc(I)c(Cl)c1. The largest absolute Gasteiger partial charge is 0.393 e. The molecule has 19 heavy (non-hydrogen) atoms. The Hall–Kier alpha value is -0.400. The first-order valence-corrected chi connectivity index (χ1v) is 7.73. The monoisotopic (exact) mass is 410 g/mol. The summed E-state index contributed by atoms with van der Waals surface area (Å²) in [5.41, 5.74) is 6.08. The number of nitrogens with zero attached hydrogens (tertiary/aromatic N) is 1. The Morgan fingerprint density at radius 2 is 2.16 bits per heavy atom. The molecular formula is C13H16ClIN2OS. The van der Waals surface area contributed by atoms with Crippen LogP contribution in [0.1, 0.15) is 30.6 Å². The second-order valence-corrected chi connectivity index (χ2v) is 6.53. The third-order valence-electron chi connectivity index (χ3n) is 2.65. The summed E-state index contributed by atoms with van der Waals surface area (Å²) in [6.07, 6.45) is 0.525. The van der Waals surface area contributed by atoms with Crippen LogP contribution in [0.15, 0.2) is 18.2 Å². The number of thiocarbonyl (C=S) groups is 1. The molecule has 0 atom stereocenters. The van der Waals surface area contributed by atoms with Crippen LogP contribution in [0.2, 0.25) is 5.02 Å². The maximum absolute atomic E-state index is 12.4. The van der Waals surface area contributed by atoms with Gasteiger partial charge in [0.05, 0.1) is 10.0 Å². The minimum Gasteiger partial charge on any atom is -0.393 e. The number of carbonyl (C=O) groups excluding carboxylic acids is 1. The van der Waals surface area contributed by atoms with Crippen molar-refractivity contribution in [2.45, 2.75) is 26.3 Å². The number of nitrogens with two attached hydrogens (primary N) is 1. The lowest BCUT2D eigenvalue weighted by atomic mass is 10.1. The predicted molar refractivity (Wildman–Crippen MR) is 91.7 cm³/mol. The molecule has 6 heteroatoms. The molecule has 0 radical (unpaired) electrons. The number of benzene rings is 1. The normalized spacial score (nSPS) is 10.6. The van der Waals surface area contributed by atoms with Crippen LogP contribution in [0.25, 0.3) is 0 Å². The molecule has 104 valence electrons. The molecule has 1 amide bonds. The van der Waals surface area contributed by atoms with Crippen molar-refractivity contribution in [2.75, 3.05) is 6.54 Å². The highest BCUT2D eigenvalue weighted by Gasteiger charge is 2.19. The van der Waals surface area contributed by atoms with E-state index in [1.54, 1.807) is 17.0 Å². The minimum absolute atomic E-state index is 0.0513. The Bertz CT molecular complexity index is 494. The second kappa shape index (κ2) is 7.40. The summed E-state index contributed by atoms with van der Waals surface area (Å²) in [7, 11) is 0. The molecule has 0 saturated carbocycles. The van der Waals surface area contributed by atoms with Crippen LogP contribution in [0.3, 0.4) is 0 Å². The molecule has 0 spiro atoms. The van der Waals surface area contributed by atoms with E-state index < -0.39 is 0 Å². The van der Waals surface area contributed by atoms with Gasteiger partial charge in [-0.15, -0.1) is 0 Å². The smallest absolute Gasteiger partial charge is 0.254 e. The lowest BCUT2D eigenvalue weighted by Crippen LogP contribution is -2.39. The third kappa shape index (κ3) is 4.89. The van der Waals surface area contributed by atoms with Crippen LogP contribution >= 0.6 is 46.4 Å². The van der Waals surface area contributed by atoms with Crippen LogP contribution in [-0.4, -0.2) is 28.4 Å². The van der Waals surface area contributed by atoms with Gasteiger partial charge in [-0.3, -0.25) is 4.79 Å². The Kier molecular flexibility index (Phi) is 6.49. The molecule has 0 aliphatic heterocycles. The Morgan fingerprint density at radius 3 is 2.63 bits per heavy atom. The third-order valence-corrected chi connectivity index (χ3v) is 4.43. The van der Waals surface area contributed by atoms with Gasteiger partial charge in [0.15, 0.2) is 0 Å². The maximum Gasteiger partial charge on any atom is 0.254 e. The van der Waals surface area contributed by atoms with Gasteiger partial charge in [0, 0.05) is 28.1 Å². The lowest BCUT2D eigenvalue weighted by Gasteiger charge is -2.26. The van der Waals surface area contributed by atoms with E-state index in [9.17, 15) is 4.79 Å². The fourth-order valence-electron chi connectivity index (χ4n) is 1.62. The average molecular weight is 411 g/mol. The molecule has 2 N–H and O–H groups in total. The number of halogens is 2. The molecule has 0 saturated heterocycles. The summed E-state index contributed by atoms with van der Waals surface area (Å²) in [4.78, 5) is 14.6. The van der Waals surface area contributed by atoms with Crippen LogP contribution in [0.4, 0.5) is 0 Å². The van der Waals surface area contributed by atoms with Crippen molar-refractivity contribution in [3.63, 3.8) is 0 Å². The van der Waals surface area contributed by atoms with Crippen LogP contribution < -0.4 is 5.73 Å². The molecule has 0 fully saturated rings. The summed E-state index contributed by atoms with van der Waals surface area (Å²) in [6, 6.07) is 5.40. The van der Waals surface area contributed by atoms with Gasteiger partial charge in [-0.05, 0) is 54.6 Å². The summed E-state index contributed by atoms with van der Waals surface area (Å²) in [5, 5.41) is 0.588. The molecule has 0 bridgehead atoms. The lowest BCUT2D eigenvalue weighted by molar-refractivity contribution is 0.0711. The molecule has 0 heterocycles. The molecule has 3 nitrogen and oxygen atoms in total. The van der Waals surface area contributed by atoms with Crippen molar-refractivity contribution in [2.24, 2.45) is 5.73 Å². The zero-order chi connectivity index (χ0) is 14.6. The highest BCUT2D eigenvalue weighted by atomic mass is 127. The van der Waals surface area contributed by atoms with E-state index >= 15 is 0 Å². The van der Waals surface area contributed by atoms with Gasteiger partial charge in [-0.1, -0.05) is 23.8 Å². The number of carbonyl (C=O) groups is 1. The zero-order valence-corrected chi connectivity index (χ0v) is 14.6. The van der Waals surface area contributed by atoms with E-state index in [1.807, 2.05) is 19.9 Å². The summed E-state index contributed by atoms with van der Waals surface area (Å²) in [5.74, 6) is -0.0513. The standard InChI is InChI=1S/C13H16ClIN2OS/c1-8(2)17(6-5-12(16)19)13(18)9-3-4-11(15)10(14)7-9/h3-4,7-8H,5-6H2,1-2H3,(H2,16,19). The van der Waals surface area contributed by atoms with Crippen molar-refractivity contribution in [3.05, 3.63) is 32.4 Å². The van der Waals surface area contributed by atoms with Crippen LogP contribution in [-0.2, 0) is 0 Å². The van der Waals surface area contributed by atoms with Gasteiger partial charge in [0.1, 0.15) is 0 Å². The number of amides is 1. The van der Waals surface area contributed by atoms with Gasteiger partial charge in [0.25, 0.3) is 5.91 Å². The van der Waals surface area contributed by atoms with Gasteiger partial charge >= 0.3 is 0 Å². The molecule has 0 unspecified atom stereocenters. The van der Waals surface area contributed by atoms with Crippen LogP contribution in [0.5, 0.6) is 0 Å². The van der Waals surface area contributed by atoms with E-state index in [0.717, 1.165) is 3.57 Å². The van der Waals surface area contributed by atoms with E-state index in [2.05, 4.69) is 22.6 Å². The molecule has 1 aromatic carbocycles. The quantitative estimate of drug-likeness (QED) is 0.597. The summed E-state index contributed by atoms with van der Waals surface area (Å²) >= 11 is 13.0. The Balaban J connectivity index is 2.92. The molecular weight excluding hydrogens is 395 g/mol. The van der Waals surface area contributed by atoms with E-state index in [1.165, 1.54) is 0 Å². The van der Waals surface area contributed by atoms with Gasteiger partial charge in [-0.25, -0.2) is 0 Å². The second-order valence-electron chi connectivity index (χ2n) is 4.44. The van der Waals surface area contributed by atoms with Gasteiger partial charge in [0.2, 0.25) is 0 Å². The Morgan fingerprint density at radius 1 is 1.53 bits per heavy atom. The predicted octanol–water partition coefficient (Wildman–Crippen LogP) is 3.47. The Labute approximate surface area is 137 Å². The minimum atomic E-state index is -0.0513. The highest BCUT2D eigenvalue weighted by molar-refractivity contribution is 14.1. The number of hydrogen-bond donors (Lipinski definition) is 1. The van der Waals surface area contributed by atoms with Gasteiger partial charge in [-0.2, -0.15) is 0 Å². The molecule has 1 rings (SSSR count). The zero-order valence-electron chi connectivity index (χ0n) is 10.8. The van der Waals surface area contributed by atoms with Crippen molar-refractivity contribution in [1.29, 1.82) is 0 Å². The molecule has 0 aliphatic carbocycles. The average Bonchev–Trinajstić information content (AvgIpc) is 2.31. The topological polar surface area (TPSA) is 46.3 Å². The van der Waals surface area contributed by atoms with Gasteiger partial charge < -0.3 is 10.6 Å². The first-order chi connectivity index (χ1) is 8.82. The van der Waals surface area contributed by atoms with Crippen molar-refractivity contribution in [3.8, 4) is 0 Å². The maximum atomic E-state index is 12.4.